The molecule has 0 bridgehead atoms. The highest BCUT2D eigenvalue weighted by atomic mass is 32.2. The zero-order valence-corrected chi connectivity index (χ0v) is 14.5. The second-order valence-corrected chi connectivity index (χ2v) is 7.50. The predicted molar refractivity (Wildman–Crippen MR) is 96.1 cm³/mol. The van der Waals surface area contributed by atoms with Gasteiger partial charge >= 0.3 is 0 Å². The molecule has 2 aromatic rings. The fourth-order valence-electron chi connectivity index (χ4n) is 2.58. The van der Waals surface area contributed by atoms with E-state index in [4.69, 9.17) is 0 Å². The van der Waals surface area contributed by atoms with Crippen LogP contribution in [0.1, 0.15) is 23.6 Å². The van der Waals surface area contributed by atoms with Crippen molar-refractivity contribution in [2.75, 3.05) is 6.61 Å². The van der Waals surface area contributed by atoms with Crippen molar-refractivity contribution in [3.05, 3.63) is 78.4 Å². The summed E-state index contributed by atoms with van der Waals surface area (Å²) in [6.45, 7) is 5.47. The molecule has 2 N–H and O–H groups in total. The zero-order valence-electron chi connectivity index (χ0n) is 13.7. The van der Waals surface area contributed by atoms with Crippen LogP contribution in [-0.4, -0.2) is 20.1 Å². The highest BCUT2D eigenvalue weighted by Crippen LogP contribution is 2.27. The van der Waals surface area contributed by atoms with Gasteiger partial charge in [0, 0.05) is 12.5 Å². The molecule has 24 heavy (non-hydrogen) atoms. The van der Waals surface area contributed by atoms with Crippen LogP contribution in [0.5, 0.6) is 0 Å². The number of aliphatic hydroxyl groups excluding tert-OH is 1. The van der Waals surface area contributed by atoms with Crippen LogP contribution in [0.15, 0.2) is 72.1 Å². The monoisotopic (exact) mass is 345 g/mol. The van der Waals surface area contributed by atoms with Crippen LogP contribution in [0, 0.1) is 12.8 Å². The number of allylic oxidation sites excluding steroid dienone is 1. The number of aliphatic hydroxyl groups is 1. The molecular formula is C19H23NO3S. The van der Waals surface area contributed by atoms with Gasteiger partial charge in [-0.05, 0) is 31.0 Å². The Morgan fingerprint density at radius 2 is 1.75 bits per heavy atom. The average Bonchev–Trinajstić information content (AvgIpc) is 2.59. The van der Waals surface area contributed by atoms with Gasteiger partial charge in [0.1, 0.15) is 0 Å². The van der Waals surface area contributed by atoms with E-state index in [9.17, 15) is 13.5 Å². The number of hydrogen-bond donors (Lipinski definition) is 2. The predicted octanol–water partition coefficient (Wildman–Crippen LogP) is 3.20. The summed E-state index contributed by atoms with van der Waals surface area (Å²) in [7, 11) is -3.69. The number of aryl methyl sites for hydroxylation is 1. The molecule has 0 aliphatic heterocycles. The Morgan fingerprint density at radius 1 is 1.12 bits per heavy atom. The Labute approximate surface area is 143 Å². The van der Waals surface area contributed by atoms with Crippen molar-refractivity contribution in [2.45, 2.75) is 24.3 Å². The lowest BCUT2D eigenvalue weighted by molar-refractivity contribution is 0.200. The van der Waals surface area contributed by atoms with Gasteiger partial charge in [0.2, 0.25) is 10.0 Å². The number of hydrogen-bond acceptors (Lipinski definition) is 3. The van der Waals surface area contributed by atoms with E-state index in [0.29, 0.717) is 6.42 Å². The Hall–Kier alpha value is -1.95. The summed E-state index contributed by atoms with van der Waals surface area (Å²) in [5.41, 5.74) is 1.81. The summed E-state index contributed by atoms with van der Waals surface area (Å²) in [4.78, 5) is 0.212. The summed E-state index contributed by atoms with van der Waals surface area (Å²) >= 11 is 0. The van der Waals surface area contributed by atoms with Crippen LogP contribution in [0.2, 0.25) is 0 Å². The minimum Gasteiger partial charge on any atom is -0.396 e. The zero-order chi connectivity index (χ0) is 17.6. The van der Waals surface area contributed by atoms with Gasteiger partial charge < -0.3 is 5.11 Å². The molecule has 128 valence electrons. The fourth-order valence-corrected chi connectivity index (χ4v) is 3.87. The molecule has 0 fully saturated rings. The Balaban J connectivity index is 2.37. The Kier molecular flexibility index (Phi) is 6.31. The van der Waals surface area contributed by atoms with Gasteiger partial charge in [0.25, 0.3) is 0 Å². The quantitative estimate of drug-likeness (QED) is 0.722. The molecule has 2 atom stereocenters. The van der Waals surface area contributed by atoms with E-state index in [1.165, 1.54) is 0 Å². The second-order valence-electron chi connectivity index (χ2n) is 5.79. The smallest absolute Gasteiger partial charge is 0.241 e. The van der Waals surface area contributed by atoms with E-state index in [-0.39, 0.29) is 17.4 Å². The van der Waals surface area contributed by atoms with E-state index in [0.717, 1.165) is 11.1 Å². The first-order valence-corrected chi connectivity index (χ1v) is 9.32. The molecule has 0 unspecified atom stereocenters. The minimum atomic E-state index is -3.69. The van der Waals surface area contributed by atoms with E-state index >= 15 is 0 Å². The summed E-state index contributed by atoms with van der Waals surface area (Å²) in [5.74, 6) is -0.287. The maximum Gasteiger partial charge on any atom is 0.241 e. The highest BCUT2D eigenvalue weighted by Gasteiger charge is 2.27. The van der Waals surface area contributed by atoms with Crippen LogP contribution in [0.25, 0.3) is 0 Å². The second kappa shape index (κ2) is 8.24. The molecule has 0 saturated heterocycles. The van der Waals surface area contributed by atoms with Crippen molar-refractivity contribution in [1.29, 1.82) is 0 Å². The van der Waals surface area contributed by atoms with E-state index in [1.807, 2.05) is 37.3 Å². The standard InChI is InChI=1S/C19H23NO3S/c1-3-7-17(14-21)19(16-8-5-4-6-9-16)20-24(22,23)18-12-10-15(2)11-13-18/h3-6,8-13,17,19-21H,1,7,14H2,2H3/t17-,19+/m0/s1. The van der Waals surface area contributed by atoms with Crippen molar-refractivity contribution in [1.82, 2.24) is 4.72 Å². The first-order chi connectivity index (χ1) is 11.5. The first-order valence-electron chi connectivity index (χ1n) is 7.83. The fraction of sp³-hybridized carbons (Fsp3) is 0.263. The molecule has 0 aliphatic rings. The number of sulfonamides is 1. The van der Waals surface area contributed by atoms with Crippen LogP contribution in [-0.2, 0) is 10.0 Å². The van der Waals surface area contributed by atoms with Gasteiger partial charge in [-0.2, -0.15) is 0 Å². The summed E-state index contributed by atoms with van der Waals surface area (Å²) in [6, 6.07) is 15.5. The number of nitrogens with one attached hydrogen (secondary N) is 1. The van der Waals surface area contributed by atoms with Crippen LogP contribution in [0.4, 0.5) is 0 Å². The maximum atomic E-state index is 12.7. The molecule has 0 aliphatic carbocycles. The normalized spacial score (nSPS) is 14.1. The van der Waals surface area contributed by atoms with Gasteiger partial charge in [-0.1, -0.05) is 54.1 Å². The third-order valence-electron chi connectivity index (χ3n) is 3.95. The molecule has 2 rings (SSSR count). The first kappa shape index (κ1) is 18.4. The number of rotatable bonds is 8. The molecule has 0 saturated carbocycles. The molecule has 0 spiro atoms. The third kappa shape index (κ3) is 4.54. The lowest BCUT2D eigenvalue weighted by atomic mass is 9.92. The van der Waals surface area contributed by atoms with Crippen molar-refractivity contribution >= 4 is 10.0 Å². The topological polar surface area (TPSA) is 66.4 Å². The molecule has 2 aromatic carbocycles. The van der Waals surface area contributed by atoms with Crippen molar-refractivity contribution in [3.8, 4) is 0 Å². The average molecular weight is 345 g/mol. The third-order valence-corrected chi connectivity index (χ3v) is 5.40. The van der Waals surface area contributed by atoms with Crippen LogP contribution >= 0.6 is 0 Å². The van der Waals surface area contributed by atoms with Gasteiger partial charge in [-0.15, -0.1) is 6.58 Å². The van der Waals surface area contributed by atoms with Gasteiger partial charge in [-0.25, -0.2) is 13.1 Å². The van der Waals surface area contributed by atoms with Gasteiger partial charge in [0.05, 0.1) is 10.9 Å². The van der Waals surface area contributed by atoms with E-state index in [2.05, 4.69) is 11.3 Å². The van der Waals surface area contributed by atoms with Gasteiger partial charge in [-0.3, -0.25) is 0 Å². The van der Waals surface area contributed by atoms with Crippen LogP contribution in [0.3, 0.4) is 0 Å². The van der Waals surface area contributed by atoms with Crippen molar-refractivity contribution in [3.63, 3.8) is 0 Å². The molecule has 4 nitrogen and oxygen atoms in total. The lowest BCUT2D eigenvalue weighted by Gasteiger charge is -2.26. The molecule has 5 heteroatoms. The minimum absolute atomic E-state index is 0.137. The van der Waals surface area contributed by atoms with E-state index < -0.39 is 16.1 Å². The molecular weight excluding hydrogens is 322 g/mol. The van der Waals surface area contributed by atoms with E-state index in [1.54, 1.807) is 30.3 Å². The molecule has 0 heterocycles. The summed E-state index contributed by atoms with van der Waals surface area (Å²) in [6.07, 6.45) is 2.20. The highest BCUT2D eigenvalue weighted by molar-refractivity contribution is 7.89. The lowest BCUT2D eigenvalue weighted by Crippen LogP contribution is -2.34. The molecule has 0 radical (unpaired) electrons. The van der Waals surface area contributed by atoms with Crippen molar-refractivity contribution in [2.24, 2.45) is 5.92 Å². The summed E-state index contributed by atoms with van der Waals surface area (Å²) in [5, 5.41) is 9.71. The number of benzene rings is 2. The SMILES string of the molecule is C=CC[C@@H](CO)[C@H](NS(=O)(=O)c1ccc(C)cc1)c1ccccc1. The summed E-state index contributed by atoms with van der Waals surface area (Å²) < 4.78 is 28.2. The Morgan fingerprint density at radius 3 is 2.29 bits per heavy atom. The Bertz CT molecular complexity index is 755. The van der Waals surface area contributed by atoms with Crippen LogP contribution < -0.4 is 4.72 Å². The molecule has 0 aromatic heterocycles. The maximum absolute atomic E-state index is 12.7. The largest absolute Gasteiger partial charge is 0.396 e. The van der Waals surface area contributed by atoms with Gasteiger partial charge in [0.15, 0.2) is 0 Å². The van der Waals surface area contributed by atoms with Crippen molar-refractivity contribution < 1.29 is 13.5 Å². The molecule has 0 amide bonds.